The fourth-order valence-electron chi connectivity index (χ4n) is 1.72. The van der Waals surface area contributed by atoms with Gasteiger partial charge in [0.15, 0.2) is 0 Å². The number of rotatable bonds is 4. The summed E-state index contributed by atoms with van der Waals surface area (Å²) in [6.45, 7) is 2.23. The van der Waals surface area contributed by atoms with E-state index in [1.807, 2.05) is 0 Å². The zero-order valence-corrected chi connectivity index (χ0v) is 10.9. The minimum atomic E-state index is -0.284. The molecule has 1 aromatic carbocycles. The van der Waals surface area contributed by atoms with Crippen LogP contribution in [0.1, 0.15) is 5.82 Å². The van der Waals surface area contributed by atoms with E-state index in [1.54, 1.807) is 31.2 Å². The van der Waals surface area contributed by atoms with Crippen molar-refractivity contribution in [2.24, 2.45) is 5.11 Å². The maximum Gasteiger partial charge on any atom is 0.350 e. The lowest BCUT2D eigenvalue weighted by atomic mass is 10.3. The molecule has 7 nitrogen and oxygen atoms in total. The standard InChI is InChI=1S/C11H11ClN6O/c1-8-15-18(10-4-2-3-9(12)7-10)11(19)17(8)6-5-14-16-13/h2-4,7H,5-6H2,1H3. The van der Waals surface area contributed by atoms with Gasteiger partial charge in [0, 0.05) is 23.0 Å². The van der Waals surface area contributed by atoms with E-state index in [1.165, 1.54) is 9.25 Å². The molecule has 0 aliphatic rings. The first-order chi connectivity index (χ1) is 9.13. The molecule has 0 unspecified atom stereocenters. The van der Waals surface area contributed by atoms with Crippen molar-refractivity contribution in [3.8, 4) is 5.69 Å². The van der Waals surface area contributed by atoms with Gasteiger partial charge in [-0.2, -0.15) is 9.78 Å². The van der Waals surface area contributed by atoms with Crippen LogP contribution >= 0.6 is 11.6 Å². The molecule has 2 rings (SSSR count). The Bertz CT molecular complexity index is 697. The summed E-state index contributed by atoms with van der Waals surface area (Å²) in [5.41, 5.74) is 8.55. The van der Waals surface area contributed by atoms with Gasteiger partial charge in [-0.05, 0) is 30.7 Å². The van der Waals surface area contributed by atoms with Crippen LogP contribution in [0.25, 0.3) is 16.1 Å². The van der Waals surface area contributed by atoms with E-state index in [9.17, 15) is 4.79 Å². The third-order valence-electron chi connectivity index (χ3n) is 2.59. The summed E-state index contributed by atoms with van der Waals surface area (Å²) in [4.78, 5) is 14.8. The van der Waals surface area contributed by atoms with Crippen LogP contribution in [0.15, 0.2) is 34.2 Å². The van der Waals surface area contributed by atoms with Crippen molar-refractivity contribution in [1.82, 2.24) is 14.3 Å². The van der Waals surface area contributed by atoms with Crippen molar-refractivity contribution >= 4 is 11.6 Å². The Kier molecular flexibility index (Phi) is 3.89. The average molecular weight is 279 g/mol. The van der Waals surface area contributed by atoms with Crippen LogP contribution < -0.4 is 5.69 Å². The van der Waals surface area contributed by atoms with Crippen LogP contribution in [0, 0.1) is 6.92 Å². The molecule has 1 heterocycles. The highest BCUT2D eigenvalue weighted by molar-refractivity contribution is 6.30. The second kappa shape index (κ2) is 5.60. The van der Waals surface area contributed by atoms with E-state index in [0.717, 1.165) is 0 Å². The third kappa shape index (κ3) is 2.78. The molecule has 98 valence electrons. The maximum absolute atomic E-state index is 12.2. The van der Waals surface area contributed by atoms with Gasteiger partial charge >= 0.3 is 5.69 Å². The number of halogens is 1. The number of benzene rings is 1. The van der Waals surface area contributed by atoms with Gasteiger partial charge in [-0.1, -0.05) is 22.8 Å². The molecule has 19 heavy (non-hydrogen) atoms. The summed E-state index contributed by atoms with van der Waals surface area (Å²) in [7, 11) is 0. The molecule has 0 amide bonds. The van der Waals surface area contributed by atoms with E-state index < -0.39 is 0 Å². The van der Waals surface area contributed by atoms with Gasteiger partial charge in [0.1, 0.15) is 5.82 Å². The molecular weight excluding hydrogens is 268 g/mol. The first-order valence-electron chi connectivity index (χ1n) is 5.56. The van der Waals surface area contributed by atoms with Crippen LogP contribution in [0.3, 0.4) is 0 Å². The van der Waals surface area contributed by atoms with Crippen LogP contribution in [0.5, 0.6) is 0 Å². The van der Waals surface area contributed by atoms with Gasteiger partial charge < -0.3 is 0 Å². The quantitative estimate of drug-likeness (QED) is 0.488. The van der Waals surface area contributed by atoms with Crippen molar-refractivity contribution < 1.29 is 0 Å². The van der Waals surface area contributed by atoms with E-state index in [4.69, 9.17) is 17.1 Å². The minimum absolute atomic E-state index is 0.207. The van der Waals surface area contributed by atoms with Crippen LogP contribution in [0.4, 0.5) is 0 Å². The monoisotopic (exact) mass is 278 g/mol. The number of azide groups is 1. The largest absolute Gasteiger partial charge is 0.350 e. The van der Waals surface area contributed by atoms with Gasteiger partial charge in [-0.15, -0.1) is 0 Å². The Hall–Kier alpha value is -2.24. The first-order valence-corrected chi connectivity index (χ1v) is 5.94. The number of hydrogen-bond donors (Lipinski definition) is 0. The SMILES string of the molecule is Cc1nn(-c2cccc(Cl)c2)c(=O)n1CCN=[N+]=[N-]. The summed E-state index contributed by atoms with van der Waals surface area (Å²) < 4.78 is 2.73. The molecule has 0 spiro atoms. The number of aromatic nitrogens is 3. The van der Waals surface area contributed by atoms with Gasteiger partial charge in [0.05, 0.1) is 5.69 Å². The lowest BCUT2D eigenvalue weighted by Crippen LogP contribution is -2.25. The third-order valence-corrected chi connectivity index (χ3v) is 2.82. The molecule has 0 aliphatic heterocycles. The summed E-state index contributed by atoms with van der Waals surface area (Å²) in [6, 6.07) is 6.88. The summed E-state index contributed by atoms with van der Waals surface area (Å²) in [6.07, 6.45) is 0. The Labute approximate surface area is 113 Å². The highest BCUT2D eigenvalue weighted by Crippen LogP contribution is 2.12. The number of aryl methyl sites for hydroxylation is 1. The van der Waals surface area contributed by atoms with E-state index in [-0.39, 0.29) is 12.2 Å². The molecule has 0 atom stereocenters. The van der Waals surface area contributed by atoms with E-state index in [2.05, 4.69) is 15.1 Å². The van der Waals surface area contributed by atoms with Crippen molar-refractivity contribution in [2.75, 3.05) is 6.54 Å². The summed E-state index contributed by atoms with van der Waals surface area (Å²) >= 11 is 5.89. The molecule has 0 radical (unpaired) electrons. The smallest absolute Gasteiger partial charge is 0.279 e. The molecule has 0 aliphatic carbocycles. The number of hydrogen-bond acceptors (Lipinski definition) is 3. The van der Waals surface area contributed by atoms with Crippen molar-refractivity contribution in [3.63, 3.8) is 0 Å². The van der Waals surface area contributed by atoms with Gasteiger partial charge in [-0.3, -0.25) is 4.57 Å². The van der Waals surface area contributed by atoms with Gasteiger partial charge in [-0.25, -0.2) is 4.79 Å². The highest BCUT2D eigenvalue weighted by Gasteiger charge is 2.10. The lowest BCUT2D eigenvalue weighted by molar-refractivity contribution is 0.655. The maximum atomic E-state index is 12.2. The molecular formula is C11H11ClN6O. The highest BCUT2D eigenvalue weighted by atomic mass is 35.5. The zero-order chi connectivity index (χ0) is 13.8. The van der Waals surface area contributed by atoms with Crippen LogP contribution in [-0.2, 0) is 6.54 Å². The predicted molar refractivity (Wildman–Crippen MR) is 71.6 cm³/mol. The van der Waals surface area contributed by atoms with Crippen molar-refractivity contribution in [2.45, 2.75) is 13.5 Å². The van der Waals surface area contributed by atoms with E-state index >= 15 is 0 Å². The van der Waals surface area contributed by atoms with Gasteiger partial charge in [0.25, 0.3) is 0 Å². The second-order valence-corrected chi connectivity index (χ2v) is 4.26. The Morgan fingerprint density at radius 2 is 2.32 bits per heavy atom. The van der Waals surface area contributed by atoms with Crippen molar-refractivity contribution in [3.05, 3.63) is 56.0 Å². The summed E-state index contributed by atoms with van der Waals surface area (Å²) in [5, 5.41) is 8.12. The summed E-state index contributed by atoms with van der Waals surface area (Å²) in [5.74, 6) is 0.554. The predicted octanol–water partition coefficient (Wildman–Crippen LogP) is 2.31. The van der Waals surface area contributed by atoms with Crippen molar-refractivity contribution in [1.29, 1.82) is 0 Å². The fraction of sp³-hybridized carbons (Fsp3) is 0.273. The molecule has 8 heteroatoms. The minimum Gasteiger partial charge on any atom is -0.279 e. The molecule has 0 bridgehead atoms. The molecule has 2 aromatic rings. The molecule has 0 fully saturated rings. The Balaban J connectivity index is 2.41. The molecule has 0 saturated heterocycles. The molecule has 0 saturated carbocycles. The topological polar surface area (TPSA) is 88.6 Å². The van der Waals surface area contributed by atoms with Crippen LogP contribution in [-0.4, -0.2) is 20.9 Å². The Morgan fingerprint density at radius 1 is 1.53 bits per heavy atom. The van der Waals surface area contributed by atoms with E-state index in [0.29, 0.717) is 23.1 Å². The lowest BCUT2D eigenvalue weighted by Gasteiger charge is -1.99. The zero-order valence-electron chi connectivity index (χ0n) is 10.2. The van der Waals surface area contributed by atoms with Gasteiger partial charge in [0.2, 0.25) is 0 Å². The first kappa shape index (κ1) is 13.2. The average Bonchev–Trinajstić information content (AvgIpc) is 2.67. The fourth-order valence-corrected chi connectivity index (χ4v) is 1.90. The number of nitrogens with zero attached hydrogens (tertiary/aromatic N) is 6. The Morgan fingerprint density at radius 3 is 3.00 bits per heavy atom. The second-order valence-electron chi connectivity index (χ2n) is 3.83. The molecule has 1 aromatic heterocycles. The molecule has 0 N–H and O–H groups in total. The normalized spacial score (nSPS) is 10.2. The van der Waals surface area contributed by atoms with Crippen LogP contribution in [0.2, 0.25) is 5.02 Å².